The Hall–Kier alpha value is -1.92. The molecule has 1 aliphatic heterocycles. The van der Waals surface area contributed by atoms with Gasteiger partial charge >= 0.3 is 0 Å². The zero-order valence-corrected chi connectivity index (χ0v) is 10.6. The number of benzene rings is 1. The molecule has 1 aromatic carbocycles. The Kier molecular flexibility index (Phi) is 3.43. The van der Waals surface area contributed by atoms with E-state index in [-0.39, 0.29) is 6.10 Å². The Balaban J connectivity index is 1.79. The van der Waals surface area contributed by atoms with Crippen LogP contribution in [-0.4, -0.2) is 36.9 Å². The zero-order valence-electron chi connectivity index (χ0n) is 10.6. The Bertz CT molecular complexity index is 532. The van der Waals surface area contributed by atoms with Gasteiger partial charge in [0.15, 0.2) is 0 Å². The number of morpholine rings is 1. The Morgan fingerprint density at radius 2 is 2.16 bits per heavy atom. The largest absolute Gasteiger partial charge is 0.497 e. The predicted octanol–water partition coefficient (Wildman–Crippen LogP) is 1.41. The summed E-state index contributed by atoms with van der Waals surface area (Å²) < 4.78 is 15.9. The SMILES string of the molecule is COc1ccc(-c2noc(C3CNCCO3)n2)cc1. The number of ether oxygens (including phenoxy) is 2. The van der Waals surface area contributed by atoms with Crippen LogP contribution in [0.5, 0.6) is 5.75 Å². The van der Waals surface area contributed by atoms with Crippen molar-refractivity contribution in [2.75, 3.05) is 26.8 Å². The van der Waals surface area contributed by atoms with Gasteiger partial charge in [-0.1, -0.05) is 5.16 Å². The Labute approximate surface area is 110 Å². The van der Waals surface area contributed by atoms with Crippen molar-refractivity contribution in [3.8, 4) is 17.1 Å². The average Bonchev–Trinajstić information content (AvgIpc) is 2.98. The minimum absolute atomic E-state index is 0.159. The highest BCUT2D eigenvalue weighted by Crippen LogP contribution is 2.23. The number of hydrogen-bond acceptors (Lipinski definition) is 6. The summed E-state index contributed by atoms with van der Waals surface area (Å²) in [6.45, 7) is 2.21. The number of nitrogens with zero attached hydrogens (tertiary/aromatic N) is 2. The lowest BCUT2D eigenvalue weighted by Gasteiger charge is -2.19. The van der Waals surface area contributed by atoms with Gasteiger partial charge in [-0.15, -0.1) is 0 Å². The molecule has 6 nitrogen and oxygen atoms in total. The molecule has 0 spiro atoms. The molecule has 1 fully saturated rings. The standard InChI is InChI=1S/C13H15N3O3/c1-17-10-4-2-9(3-5-10)12-15-13(19-16-12)11-8-14-6-7-18-11/h2-5,11,14H,6-8H2,1H3. The smallest absolute Gasteiger partial charge is 0.257 e. The molecule has 19 heavy (non-hydrogen) atoms. The summed E-state index contributed by atoms with van der Waals surface area (Å²) in [7, 11) is 1.63. The number of rotatable bonds is 3. The van der Waals surface area contributed by atoms with Crippen LogP contribution in [0.4, 0.5) is 0 Å². The summed E-state index contributed by atoms with van der Waals surface area (Å²) in [6, 6.07) is 7.52. The van der Waals surface area contributed by atoms with Crippen LogP contribution < -0.4 is 10.1 Å². The van der Waals surface area contributed by atoms with E-state index in [2.05, 4.69) is 15.5 Å². The van der Waals surface area contributed by atoms with Crippen molar-refractivity contribution in [2.24, 2.45) is 0 Å². The molecule has 1 unspecified atom stereocenters. The van der Waals surface area contributed by atoms with E-state index in [0.29, 0.717) is 24.9 Å². The quantitative estimate of drug-likeness (QED) is 0.900. The minimum Gasteiger partial charge on any atom is -0.497 e. The molecule has 1 atom stereocenters. The molecule has 3 rings (SSSR count). The summed E-state index contributed by atoms with van der Waals surface area (Å²) in [4.78, 5) is 4.38. The molecule has 1 aromatic heterocycles. The Morgan fingerprint density at radius 3 is 2.84 bits per heavy atom. The maximum absolute atomic E-state index is 5.57. The van der Waals surface area contributed by atoms with E-state index in [1.807, 2.05) is 24.3 Å². The molecule has 1 N–H and O–H groups in total. The lowest BCUT2D eigenvalue weighted by atomic mass is 10.2. The van der Waals surface area contributed by atoms with Crippen LogP contribution >= 0.6 is 0 Å². The molecular formula is C13H15N3O3. The summed E-state index contributed by atoms with van der Waals surface area (Å²) >= 11 is 0. The van der Waals surface area contributed by atoms with E-state index < -0.39 is 0 Å². The monoisotopic (exact) mass is 261 g/mol. The van der Waals surface area contributed by atoms with Crippen LogP contribution in [0.1, 0.15) is 12.0 Å². The van der Waals surface area contributed by atoms with Gasteiger partial charge in [0.1, 0.15) is 11.9 Å². The molecule has 2 aromatic rings. The second-order valence-corrected chi connectivity index (χ2v) is 4.25. The number of methoxy groups -OCH3 is 1. The van der Waals surface area contributed by atoms with Crippen molar-refractivity contribution >= 4 is 0 Å². The highest BCUT2D eigenvalue weighted by molar-refractivity contribution is 5.55. The van der Waals surface area contributed by atoms with E-state index in [0.717, 1.165) is 17.9 Å². The van der Waals surface area contributed by atoms with Gasteiger partial charge < -0.3 is 19.3 Å². The molecule has 0 amide bonds. The molecule has 1 saturated heterocycles. The highest BCUT2D eigenvalue weighted by Gasteiger charge is 2.22. The van der Waals surface area contributed by atoms with Crippen molar-refractivity contribution in [3.63, 3.8) is 0 Å². The number of nitrogens with one attached hydrogen (secondary N) is 1. The average molecular weight is 261 g/mol. The van der Waals surface area contributed by atoms with Crippen LogP contribution in [0, 0.1) is 0 Å². The third kappa shape index (κ3) is 2.59. The van der Waals surface area contributed by atoms with Crippen molar-refractivity contribution in [3.05, 3.63) is 30.2 Å². The minimum atomic E-state index is -0.159. The number of aromatic nitrogens is 2. The van der Waals surface area contributed by atoms with Crippen LogP contribution in [-0.2, 0) is 4.74 Å². The topological polar surface area (TPSA) is 69.4 Å². The van der Waals surface area contributed by atoms with Gasteiger partial charge in [-0.05, 0) is 24.3 Å². The molecule has 0 bridgehead atoms. The molecule has 0 radical (unpaired) electrons. The van der Waals surface area contributed by atoms with E-state index in [4.69, 9.17) is 14.0 Å². The second kappa shape index (κ2) is 5.38. The van der Waals surface area contributed by atoms with E-state index in [1.54, 1.807) is 7.11 Å². The molecule has 2 heterocycles. The van der Waals surface area contributed by atoms with Gasteiger partial charge in [0.25, 0.3) is 5.89 Å². The molecule has 6 heteroatoms. The third-order valence-electron chi connectivity index (χ3n) is 2.99. The summed E-state index contributed by atoms with van der Waals surface area (Å²) in [5, 5.41) is 7.21. The van der Waals surface area contributed by atoms with Crippen molar-refractivity contribution < 1.29 is 14.0 Å². The third-order valence-corrected chi connectivity index (χ3v) is 2.99. The van der Waals surface area contributed by atoms with Crippen LogP contribution in [0.3, 0.4) is 0 Å². The zero-order chi connectivity index (χ0) is 13.1. The summed E-state index contributed by atoms with van der Waals surface area (Å²) in [5.74, 6) is 1.87. The maximum atomic E-state index is 5.57. The first-order valence-electron chi connectivity index (χ1n) is 6.17. The molecule has 0 saturated carbocycles. The van der Waals surface area contributed by atoms with E-state index in [9.17, 15) is 0 Å². The fraction of sp³-hybridized carbons (Fsp3) is 0.385. The Morgan fingerprint density at radius 1 is 1.32 bits per heavy atom. The molecular weight excluding hydrogens is 246 g/mol. The first-order chi connectivity index (χ1) is 9.36. The van der Waals surface area contributed by atoms with E-state index in [1.165, 1.54) is 0 Å². The van der Waals surface area contributed by atoms with Crippen LogP contribution in [0.25, 0.3) is 11.4 Å². The number of hydrogen-bond donors (Lipinski definition) is 1. The lowest BCUT2D eigenvalue weighted by Crippen LogP contribution is -2.33. The van der Waals surface area contributed by atoms with Crippen LogP contribution in [0.15, 0.2) is 28.8 Å². The maximum Gasteiger partial charge on any atom is 0.257 e. The molecule has 100 valence electrons. The molecule has 1 aliphatic rings. The van der Waals surface area contributed by atoms with Gasteiger partial charge in [-0.2, -0.15) is 4.98 Å². The van der Waals surface area contributed by atoms with Crippen molar-refractivity contribution in [2.45, 2.75) is 6.10 Å². The van der Waals surface area contributed by atoms with Gasteiger partial charge in [-0.3, -0.25) is 0 Å². The predicted molar refractivity (Wildman–Crippen MR) is 67.8 cm³/mol. The molecule has 0 aliphatic carbocycles. The van der Waals surface area contributed by atoms with E-state index >= 15 is 0 Å². The van der Waals surface area contributed by atoms with Gasteiger partial charge in [-0.25, -0.2) is 0 Å². The van der Waals surface area contributed by atoms with Gasteiger partial charge in [0.05, 0.1) is 13.7 Å². The fourth-order valence-corrected chi connectivity index (χ4v) is 1.95. The van der Waals surface area contributed by atoms with Crippen LogP contribution in [0.2, 0.25) is 0 Å². The van der Waals surface area contributed by atoms with Gasteiger partial charge in [0, 0.05) is 18.7 Å². The fourth-order valence-electron chi connectivity index (χ4n) is 1.95. The summed E-state index contributed by atoms with van der Waals surface area (Å²) in [6.07, 6.45) is -0.159. The lowest BCUT2D eigenvalue weighted by molar-refractivity contribution is 0.00755. The highest BCUT2D eigenvalue weighted by atomic mass is 16.5. The first kappa shape index (κ1) is 12.1. The first-order valence-corrected chi connectivity index (χ1v) is 6.17. The van der Waals surface area contributed by atoms with Crippen molar-refractivity contribution in [1.82, 2.24) is 15.5 Å². The summed E-state index contributed by atoms with van der Waals surface area (Å²) in [5.41, 5.74) is 0.888. The normalized spacial score (nSPS) is 19.3. The van der Waals surface area contributed by atoms with Gasteiger partial charge in [0.2, 0.25) is 5.82 Å². The van der Waals surface area contributed by atoms with Crippen molar-refractivity contribution in [1.29, 1.82) is 0 Å². The second-order valence-electron chi connectivity index (χ2n) is 4.25.